The largest absolute Gasteiger partial charge is 0.493 e. The Morgan fingerprint density at radius 2 is 2.00 bits per heavy atom. The van der Waals surface area contributed by atoms with Gasteiger partial charge in [-0.25, -0.2) is 5.10 Å². The van der Waals surface area contributed by atoms with Crippen molar-refractivity contribution in [3.63, 3.8) is 0 Å². The zero-order chi connectivity index (χ0) is 13.4. The highest BCUT2D eigenvalue weighted by Crippen LogP contribution is 2.30. The highest BCUT2D eigenvalue weighted by atomic mass is 35.5. The van der Waals surface area contributed by atoms with Crippen LogP contribution in [0.5, 0.6) is 5.88 Å². The summed E-state index contributed by atoms with van der Waals surface area (Å²) in [6.07, 6.45) is 0. The van der Waals surface area contributed by atoms with E-state index >= 15 is 0 Å². The van der Waals surface area contributed by atoms with Crippen molar-refractivity contribution < 1.29 is 9.90 Å². The number of rotatable bonds is 2. The number of nitrogens with zero attached hydrogens (tertiary/aromatic N) is 1. The molecule has 1 aromatic carbocycles. The predicted octanol–water partition coefficient (Wildman–Crippen LogP) is 3.27. The van der Waals surface area contributed by atoms with Crippen molar-refractivity contribution in [2.75, 3.05) is 0 Å². The lowest BCUT2D eigenvalue weighted by atomic mass is 10.0. The predicted molar refractivity (Wildman–Crippen MR) is 69.6 cm³/mol. The van der Waals surface area contributed by atoms with Gasteiger partial charge < -0.3 is 5.11 Å². The summed E-state index contributed by atoms with van der Waals surface area (Å²) in [5.74, 6) is -0.648. The Bertz CT molecular complexity index is 616. The second-order valence-electron chi connectivity index (χ2n) is 3.90. The Morgan fingerprint density at radius 3 is 2.56 bits per heavy atom. The van der Waals surface area contributed by atoms with E-state index in [1.165, 1.54) is 6.07 Å². The first-order valence-electron chi connectivity index (χ1n) is 5.16. The molecule has 0 saturated heterocycles. The Balaban J connectivity index is 2.57. The number of hydrogen-bond acceptors (Lipinski definition) is 3. The molecular weight excluding hydrogens is 275 g/mol. The van der Waals surface area contributed by atoms with Crippen LogP contribution >= 0.6 is 23.2 Å². The van der Waals surface area contributed by atoms with E-state index in [0.29, 0.717) is 21.8 Å². The van der Waals surface area contributed by atoms with Crippen molar-refractivity contribution in [1.82, 2.24) is 10.2 Å². The van der Waals surface area contributed by atoms with Gasteiger partial charge in [0.2, 0.25) is 11.7 Å². The molecule has 0 amide bonds. The van der Waals surface area contributed by atoms with Crippen LogP contribution in [0.3, 0.4) is 0 Å². The van der Waals surface area contributed by atoms with Crippen LogP contribution in [0, 0.1) is 13.8 Å². The minimum absolute atomic E-state index is 0.124. The summed E-state index contributed by atoms with van der Waals surface area (Å²) in [4.78, 5) is 12.3. The molecule has 0 saturated carbocycles. The molecule has 0 atom stereocenters. The number of aromatic amines is 1. The van der Waals surface area contributed by atoms with Crippen molar-refractivity contribution >= 4 is 29.0 Å². The van der Waals surface area contributed by atoms with Gasteiger partial charge in [0, 0.05) is 10.6 Å². The van der Waals surface area contributed by atoms with E-state index in [9.17, 15) is 9.90 Å². The van der Waals surface area contributed by atoms with Gasteiger partial charge in [-0.3, -0.25) is 4.79 Å². The summed E-state index contributed by atoms with van der Waals surface area (Å²) in [6.45, 7) is 3.35. The summed E-state index contributed by atoms with van der Waals surface area (Å²) in [6, 6.07) is 3.13. The third-order valence-corrected chi connectivity index (χ3v) is 3.62. The normalized spacial score (nSPS) is 10.7. The van der Waals surface area contributed by atoms with Crippen LogP contribution in [-0.2, 0) is 0 Å². The fourth-order valence-electron chi connectivity index (χ4n) is 1.66. The first-order valence-corrected chi connectivity index (χ1v) is 5.92. The summed E-state index contributed by atoms with van der Waals surface area (Å²) in [7, 11) is 0. The molecule has 0 aliphatic rings. The number of nitrogens with one attached hydrogen (secondary N) is 1. The van der Waals surface area contributed by atoms with Gasteiger partial charge >= 0.3 is 0 Å². The van der Waals surface area contributed by atoms with Crippen molar-refractivity contribution in [1.29, 1.82) is 0 Å². The van der Waals surface area contributed by atoms with Crippen LogP contribution in [0.1, 0.15) is 27.2 Å². The Labute approximate surface area is 114 Å². The maximum Gasteiger partial charge on any atom is 0.218 e. The molecule has 1 aromatic heterocycles. The highest BCUT2D eigenvalue weighted by molar-refractivity contribution is 6.38. The maximum absolute atomic E-state index is 12.3. The number of halogens is 2. The van der Waals surface area contributed by atoms with Gasteiger partial charge in [0.05, 0.1) is 10.7 Å². The second-order valence-corrected chi connectivity index (χ2v) is 4.68. The van der Waals surface area contributed by atoms with E-state index in [-0.39, 0.29) is 22.2 Å². The Kier molecular flexibility index (Phi) is 3.32. The Morgan fingerprint density at radius 1 is 1.33 bits per heavy atom. The molecule has 0 bridgehead atoms. The van der Waals surface area contributed by atoms with Gasteiger partial charge in [-0.2, -0.15) is 5.10 Å². The molecule has 0 aliphatic carbocycles. The zero-order valence-corrected chi connectivity index (χ0v) is 11.2. The minimum Gasteiger partial charge on any atom is -0.493 e. The molecule has 0 unspecified atom stereocenters. The van der Waals surface area contributed by atoms with Gasteiger partial charge in [-0.05, 0) is 31.5 Å². The molecule has 18 heavy (non-hydrogen) atoms. The number of carbonyl (C=O) groups excluding carboxylic acids is 1. The van der Waals surface area contributed by atoms with Gasteiger partial charge in [0.15, 0.2) is 0 Å². The van der Waals surface area contributed by atoms with Gasteiger partial charge in [0.1, 0.15) is 5.56 Å². The van der Waals surface area contributed by atoms with Crippen LogP contribution < -0.4 is 0 Å². The lowest BCUT2D eigenvalue weighted by molar-refractivity contribution is 0.103. The average molecular weight is 285 g/mol. The van der Waals surface area contributed by atoms with Crippen molar-refractivity contribution in [3.8, 4) is 5.88 Å². The maximum atomic E-state index is 12.3. The molecule has 0 radical (unpaired) electrons. The smallest absolute Gasteiger partial charge is 0.218 e. The SMILES string of the molecule is Cc1n[nH]c(O)c1C(=O)c1ccc(Cl)c(C)c1Cl. The summed E-state index contributed by atoms with van der Waals surface area (Å²) in [5, 5.41) is 16.5. The summed E-state index contributed by atoms with van der Waals surface area (Å²) >= 11 is 12.0. The fraction of sp³-hybridized carbons (Fsp3) is 0.167. The second kappa shape index (κ2) is 4.63. The topological polar surface area (TPSA) is 66.0 Å². The number of benzene rings is 1. The molecule has 2 aromatic rings. The standard InChI is InChI=1S/C12H10Cl2N2O2/c1-5-8(13)4-3-7(10(5)14)11(17)9-6(2)15-16-12(9)18/h3-4H,1-2H3,(H2,15,16,18). The highest BCUT2D eigenvalue weighted by Gasteiger charge is 2.22. The van der Waals surface area contributed by atoms with Crippen LogP contribution in [0.2, 0.25) is 10.0 Å². The Hall–Kier alpha value is -1.52. The molecule has 6 heteroatoms. The van der Waals surface area contributed by atoms with Crippen molar-refractivity contribution in [3.05, 3.63) is 44.6 Å². The summed E-state index contributed by atoms with van der Waals surface area (Å²) in [5.41, 5.74) is 1.46. The molecule has 0 fully saturated rings. The van der Waals surface area contributed by atoms with Gasteiger partial charge in [0.25, 0.3) is 0 Å². The number of carbonyl (C=O) groups is 1. The van der Waals surface area contributed by atoms with E-state index in [1.54, 1.807) is 19.9 Å². The molecule has 0 spiro atoms. The van der Waals surface area contributed by atoms with E-state index in [1.807, 2.05) is 0 Å². The summed E-state index contributed by atoms with van der Waals surface area (Å²) < 4.78 is 0. The molecule has 4 nitrogen and oxygen atoms in total. The van der Waals surface area contributed by atoms with Crippen LogP contribution in [-0.4, -0.2) is 21.1 Å². The minimum atomic E-state index is -0.386. The number of H-pyrrole nitrogens is 1. The number of aryl methyl sites for hydroxylation is 1. The first kappa shape index (κ1) is 12.9. The zero-order valence-electron chi connectivity index (χ0n) is 9.71. The quantitative estimate of drug-likeness (QED) is 0.832. The molecular formula is C12H10Cl2N2O2. The van der Waals surface area contributed by atoms with E-state index in [2.05, 4.69) is 10.2 Å². The number of aromatic hydroxyl groups is 1. The monoisotopic (exact) mass is 284 g/mol. The molecule has 2 N–H and O–H groups in total. The van der Waals surface area contributed by atoms with Crippen molar-refractivity contribution in [2.45, 2.75) is 13.8 Å². The van der Waals surface area contributed by atoms with Crippen molar-refractivity contribution in [2.24, 2.45) is 0 Å². The number of ketones is 1. The number of hydrogen-bond donors (Lipinski definition) is 2. The van der Waals surface area contributed by atoms with Crippen LogP contribution in [0.15, 0.2) is 12.1 Å². The third-order valence-electron chi connectivity index (χ3n) is 2.72. The lowest BCUT2D eigenvalue weighted by Crippen LogP contribution is -2.04. The first-order chi connectivity index (χ1) is 8.43. The molecule has 94 valence electrons. The van der Waals surface area contributed by atoms with E-state index < -0.39 is 0 Å². The molecule has 2 rings (SSSR count). The third kappa shape index (κ3) is 1.98. The van der Waals surface area contributed by atoms with Crippen LogP contribution in [0.25, 0.3) is 0 Å². The lowest BCUT2D eigenvalue weighted by Gasteiger charge is -2.07. The van der Waals surface area contributed by atoms with Gasteiger partial charge in [-0.15, -0.1) is 0 Å². The fourth-order valence-corrected chi connectivity index (χ4v) is 2.12. The van der Waals surface area contributed by atoms with Crippen LogP contribution in [0.4, 0.5) is 0 Å². The van der Waals surface area contributed by atoms with E-state index in [4.69, 9.17) is 23.2 Å². The van der Waals surface area contributed by atoms with Gasteiger partial charge in [-0.1, -0.05) is 23.2 Å². The molecule has 1 heterocycles. The number of aromatic nitrogens is 2. The average Bonchev–Trinajstić information content (AvgIpc) is 2.65. The molecule has 0 aliphatic heterocycles. The van der Waals surface area contributed by atoms with E-state index in [0.717, 1.165) is 0 Å².